The molecule has 6 nitrogen and oxygen atoms in total. The molecule has 0 spiro atoms. The second-order valence-corrected chi connectivity index (χ2v) is 5.33. The monoisotopic (exact) mass is 333 g/mol. The highest BCUT2D eigenvalue weighted by Crippen LogP contribution is 2.14. The van der Waals surface area contributed by atoms with Gasteiger partial charge in [-0.25, -0.2) is 0 Å². The van der Waals surface area contributed by atoms with Crippen LogP contribution in [-0.2, 0) is 0 Å². The van der Waals surface area contributed by atoms with E-state index in [9.17, 15) is 4.79 Å². The van der Waals surface area contributed by atoms with E-state index in [4.69, 9.17) is 0 Å². The van der Waals surface area contributed by atoms with Crippen molar-refractivity contribution in [2.24, 2.45) is 0 Å². The Labute approximate surface area is 123 Å². The van der Waals surface area contributed by atoms with Gasteiger partial charge < -0.3 is 10.3 Å². The number of hydrogen-bond donors (Lipinski definition) is 2. The van der Waals surface area contributed by atoms with Crippen molar-refractivity contribution in [3.8, 4) is 0 Å². The summed E-state index contributed by atoms with van der Waals surface area (Å²) in [6, 6.07) is 7.14. The fourth-order valence-corrected chi connectivity index (χ4v) is 2.34. The van der Waals surface area contributed by atoms with Crippen LogP contribution in [0.25, 0.3) is 5.65 Å². The molecule has 3 aromatic rings. The van der Waals surface area contributed by atoms with E-state index >= 15 is 0 Å². The van der Waals surface area contributed by atoms with Crippen molar-refractivity contribution >= 4 is 27.5 Å². The van der Waals surface area contributed by atoms with Crippen LogP contribution in [-0.4, -0.2) is 25.5 Å². The minimum Gasteiger partial charge on any atom is -0.356 e. The number of aromatic nitrogens is 4. The van der Waals surface area contributed by atoms with Crippen LogP contribution < -0.4 is 5.32 Å². The third-order valence-electron chi connectivity index (χ3n) is 2.97. The number of hydrogen-bond acceptors (Lipinski definition) is 3. The molecule has 0 unspecified atom stereocenters. The molecule has 102 valence electrons. The third kappa shape index (κ3) is 2.32. The van der Waals surface area contributed by atoms with Crippen molar-refractivity contribution in [2.75, 3.05) is 0 Å². The molecule has 0 aliphatic heterocycles. The Morgan fingerprint density at radius 3 is 3.05 bits per heavy atom. The molecule has 0 saturated carbocycles. The highest BCUT2D eigenvalue weighted by molar-refractivity contribution is 9.10. The summed E-state index contributed by atoms with van der Waals surface area (Å²) in [5.41, 5.74) is 1.25. The second-order valence-electron chi connectivity index (χ2n) is 4.41. The molecule has 0 aromatic carbocycles. The summed E-state index contributed by atoms with van der Waals surface area (Å²) >= 11 is 3.30. The Morgan fingerprint density at radius 2 is 2.30 bits per heavy atom. The molecule has 20 heavy (non-hydrogen) atoms. The third-order valence-corrected chi connectivity index (χ3v) is 3.43. The number of halogens is 1. The Hall–Kier alpha value is -2.15. The highest BCUT2D eigenvalue weighted by Gasteiger charge is 2.17. The van der Waals surface area contributed by atoms with Gasteiger partial charge in [-0.05, 0) is 41.1 Å². The van der Waals surface area contributed by atoms with Crippen LogP contribution in [0.3, 0.4) is 0 Å². The maximum absolute atomic E-state index is 12.1. The highest BCUT2D eigenvalue weighted by atomic mass is 79.9. The van der Waals surface area contributed by atoms with Gasteiger partial charge in [0.2, 0.25) is 0 Å². The average Bonchev–Trinajstić information content (AvgIpc) is 3.04. The number of H-pyrrole nitrogens is 1. The molecule has 0 aliphatic rings. The van der Waals surface area contributed by atoms with E-state index in [1.807, 2.05) is 35.7 Å². The zero-order valence-corrected chi connectivity index (χ0v) is 12.3. The quantitative estimate of drug-likeness (QED) is 0.772. The van der Waals surface area contributed by atoms with Crippen LogP contribution in [0.4, 0.5) is 0 Å². The number of rotatable bonds is 3. The Balaban J connectivity index is 1.82. The van der Waals surface area contributed by atoms with Crippen LogP contribution in [0, 0.1) is 0 Å². The van der Waals surface area contributed by atoms with E-state index in [1.54, 1.807) is 12.3 Å². The summed E-state index contributed by atoms with van der Waals surface area (Å²) in [6.07, 6.45) is 3.59. The minimum absolute atomic E-state index is 0.184. The van der Waals surface area contributed by atoms with E-state index in [1.165, 1.54) is 0 Å². The van der Waals surface area contributed by atoms with Crippen molar-refractivity contribution in [1.29, 1.82) is 0 Å². The Morgan fingerprint density at radius 1 is 1.45 bits per heavy atom. The largest absolute Gasteiger partial charge is 0.356 e. The first-order valence-corrected chi connectivity index (χ1v) is 6.89. The number of carbonyl (C=O) groups is 1. The first-order chi connectivity index (χ1) is 9.65. The van der Waals surface area contributed by atoms with Crippen LogP contribution in [0.2, 0.25) is 0 Å². The van der Waals surface area contributed by atoms with Crippen LogP contribution >= 0.6 is 15.9 Å². The van der Waals surface area contributed by atoms with Gasteiger partial charge in [-0.1, -0.05) is 6.07 Å². The summed E-state index contributed by atoms with van der Waals surface area (Å²) in [5.74, 6) is 0.510. The fourth-order valence-electron chi connectivity index (χ4n) is 1.99. The number of nitrogens with zero attached hydrogens (tertiary/aromatic N) is 3. The van der Waals surface area contributed by atoms with Gasteiger partial charge >= 0.3 is 0 Å². The molecule has 3 heterocycles. The normalized spacial score (nSPS) is 12.5. The van der Waals surface area contributed by atoms with Gasteiger partial charge in [-0.15, -0.1) is 10.2 Å². The molecule has 2 N–H and O–H groups in total. The lowest BCUT2D eigenvalue weighted by Gasteiger charge is -2.11. The van der Waals surface area contributed by atoms with Crippen molar-refractivity contribution in [3.05, 3.63) is 52.7 Å². The molecule has 3 aromatic heterocycles. The van der Waals surface area contributed by atoms with Gasteiger partial charge in [-0.3, -0.25) is 9.20 Å². The summed E-state index contributed by atoms with van der Waals surface area (Å²) in [5, 5.41) is 11.1. The first kappa shape index (κ1) is 12.9. The SMILES string of the molecule is C[C@H](NC(=O)c1cc(Br)c[nH]1)c1nnc2ccccn12. The summed E-state index contributed by atoms with van der Waals surface area (Å²) in [6.45, 7) is 1.87. The molecule has 0 fully saturated rings. The summed E-state index contributed by atoms with van der Waals surface area (Å²) in [4.78, 5) is 15.0. The molecule has 0 saturated heterocycles. The molecule has 0 bridgehead atoms. The summed E-state index contributed by atoms with van der Waals surface area (Å²) in [7, 11) is 0. The predicted molar refractivity (Wildman–Crippen MR) is 77.4 cm³/mol. The van der Waals surface area contributed by atoms with Crippen molar-refractivity contribution in [1.82, 2.24) is 24.9 Å². The molecule has 7 heteroatoms. The minimum atomic E-state index is -0.248. The molecule has 3 rings (SSSR count). The average molecular weight is 334 g/mol. The topological polar surface area (TPSA) is 75.1 Å². The van der Waals surface area contributed by atoms with Crippen LogP contribution in [0.5, 0.6) is 0 Å². The van der Waals surface area contributed by atoms with E-state index in [0.29, 0.717) is 11.5 Å². The van der Waals surface area contributed by atoms with Gasteiger partial charge in [0.05, 0.1) is 6.04 Å². The zero-order chi connectivity index (χ0) is 14.1. The number of pyridine rings is 1. The first-order valence-electron chi connectivity index (χ1n) is 6.09. The van der Waals surface area contributed by atoms with E-state index in [-0.39, 0.29) is 11.9 Å². The number of amides is 1. The molecule has 0 aliphatic carbocycles. The zero-order valence-electron chi connectivity index (χ0n) is 10.7. The Kier molecular flexibility index (Phi) is 3.27. The van der Waals surface area contributed by atoms with Crippen molar-refractivity contribution in [3.63, 3.8) is 0 Å². The predicted octanol–water partition coefficient (Wildman–Crippen LogP) is 2.31. The molecule has 1 amide bonds. The van der Waals surface area contributed by atoms with Gasteiger partial charge in [0.15, 0.2) is 11.5 Å². The van der Waals surface area contributed by atoms with Gasteiger partial charge in [0, 0.05) is 16.9 Å². The lowest BCUT2D eigenvalue weighted by molar-refractivity contribution is 0.0933. The fraction of sp³-hybridized carbons (Fsp3) is 0.154. The van der Waals surface area contributed by atoms with E-state index < -0.39 is 0 Å². The molecular formula is C13H12BrN5O. The lowest BCUT2D eigenvalue weighted by Crippen LogP contribution is -2.28. The van der Waals surface area contributed by atoms with Gasteiger partial charge in [-0.2, -0.15) is 0 Å². The standard InChI is InChI=1S/C13H12BrN5O/c1-8(16-13(20)10-6-9(14)7-15-10)12-18-17-11-4-2-3-5-19(11)12/h2-8,15H,1H3,(H,16,20)/t8-/m0/s1. The molecular weight excluding hydrogens is 322 g/mol. The lowest BCUT2D eigenvalue weighted by atomic mass is 10.3. The van der Waals surface area contributed by atoms with Crippen molar-refractivity contribution < 1.29 is 4.79 Å². The van der Waals surface area contributed by atoms with Gasteiger partial charge in [0.1, 0.15) is 5.69 Å². The number of carbonyl (C=O) groups excluding carboxylic acids is 1. The molecule has 0 radical (unpaired) electrons. The van der Waals surface area contributed by atoms with E-state index in [0.717, 1.165) is 10.1 Å². The smallest absolute Gasteiger partial charge is 0.268 e. The number of fused-ring (bicyclic) bond motifs is 1. The van der Waals surface area contributed by atoms with Crippen molar-refractivity contribution in [2.45, 2.75) is 13.0 Å². The maximum Gasteiger partial charge on any atom is 0.268 e. The molecule has 1 atom stereocenters. The summed E-state index contributed by atoms with van der Waals surface area (Å²) < 4.78 is 2.69. The second kappa shape index (κ2) is 5.09. The van der Waals surface area contributed by atoms with Gasteiger partial charge in [0.25, 0.3) is 5.91 Å². The maximum atomic E-state index is 12.1. The van der Waals surface area contributed by atoms with Crippen LogP contribution in [0.15, 0.2) is 41.1 Å². The Bertz CT molecular complexity index is 763. The number of nitrogens with one attached hydrogen (secondary N) is 2. The van der Waals surface area contributed by atoms with E-state index in [2.05, 4.69) is 36.4 Å². The number of aromatic amines is 1. The van der Waals surface area contributed by atoms with Crippen LogP contribution in [0.1, 0.15) is 29.3 Å².